The van der Waals surface area contributed by atoms with E-state index in [1.807, 2.05) is 21.9 Å². The van der Waals surface area contributed by atoms with Gasteiger partial charge in [-0.1, -0.05) is 30.7 Å². The fraction of sp³-hybridized carbons (Fsp3) is 0.686. The zero-order valence-electron chi connectivity index (χ0n) is 44.4. The molecule has 3 aliphatic rings. The van der Waals surface area contributed by atoms with Crippen molar-refractivity contribution < 1.29 is 63.4 Å². The summed E-state index contributed by atoms with van der Waals surface area (Å²) in [5, 5.41) is 45.2. The Morgan fingerprint density at radius 3 is 1.70 bits per heavy atom. The van der Waals surface area contributed by atoms with Gasteiger partial charge in [-0.15, -0.1) is 0 Å². The van der Waals surface area contributed by atoms with Crippen molar-refractivity contribution in [2.45, 2.75) is 57.6 Å². The molecule has 24 nitrogen and oxygen atoms in total. The number of benzene rings is 1. The van der Waals surface area contributed by atoms with E-state index in [9.17, 15) is 49.2 Å². The number of nitrogens with zero attached hydrogens (tertiary/aromatic N) is 9. The SMILES string of the molecule is CC(C)N(CCNC(=O)CCOCCOCCOCCNC(=O)CN1CCN(CC(=O)O)CCN(CC(=O)O)CCN(CC(=O)O)CC1)C[C@@H](C(=O)N1CCN(c2ncnc3c2[C@H](C)C[C@H]3O)CC1)c1ccc(Cl)cc1. The highest BCUT2D eigenvalue weighted by Gasteiger charge is 2.36. The molecule has 1 aromatic heterocycles. The van der Waals surface area contributed by atoms with Crippen molar-refractivity contribution in [1.82, 2.24) is 50.0 Å². The molecule has 1 aliphatic carbocycles. The predicted molar refractivity (Wildman–Crippen MR) is 281 cm³/mol. The molecule has 0 unspecified atom stereocenters. The van der Waals surface area contributed by atoms with Crippen molar-refractivity contribution >= 4 is 53.0 Å². The first-order chi connectivity index (χ1) is 36.5. The van der Waals surface area contributed by atoms with Crippen molar-refractivity contribution in [3.63, 3.8) is 0 Å². The van der Waals surface area contributed by atoms with E-state index >= 15 is 0 Å². The number of carbonyl (C=O) groups excluding carboxylic acids is 3. The van der Waals surface area contributed by atoms with E-state index in [2.05, 4.69) is 51.2 Å². The summed E-state index contributed by atoms with van der Waals surface area (Å²) in [6.07, 6.45) is 1.71. The quantitative estimate of drug-likeness (QED) is 0.0583. The summed E-state index contributed by atoms with van der Waals surface area (Å²) in [5.74, 6) is -2.94. The first kappa shape index (κ1) is 61.7. The van der Waals surface area contributed by atoms with Gasteiger partial charge in [-0.05, 0) is 43.9 Å². The van der Waals surface area contributed by atoms with Gasteiger partial charge < -0.3 is 55.1 Å². The van der Waals surface area contributed by atoms with Crippen molar-refractivity contribution in [3.8, 4) is 0 Å². The van der Waals surface area contributed by atoms with Crippen LogP contribution in [0, 0.1) is 0 Å². The van der Waals surface area contributed by atoms with Crippen LogP contribution in [0.5, 0.6) is 0 Å². The van der Waals surface area contributed by atoms with Gasteiger partial charge in [0.05, 0.1) is 83.5 Å². The number of nitrogens with one attached hydrogen (secondary N) is 2. The van der Waals surface area contributed by atoms with E-state index in [1.54, 1.807) is 26.8 Å². The first-order valence-corrected chi connectivity index (χ1v) is 26.7. The van der Waals surface area contributed by atoms with E-state index in [1.165, 1.54) is 6.33 Å². The predicted octanol–water partition coefficient (Wildman–Crippen LogP) is -0.0389. The lowest BCUT2D eigenvalue weighted by molar-refractivity contribution is -0.140. The number of amides is 3. The molecule has 5 rings (SSSR count). The van der Waals surface area contributed by atoms with Crippen LogP contribution in [0.25, 0.3) is 0 Å². The highest BCUT2D eigenvalue weighted by atomic mass is 35.5. The van der Waals surface area contributed by atoms with E-state index < -0.39 is 29.9 Å². The molecule has 76 heavy (non-hydrogen) atoms. The van der Waals surface area contributed by atoms with Gasteiger partial charge in [0.1, 0.15) is 12.1 Å². The van der Waals surface area contributed by atoms with E-state index in [4.69, 9.17) is 25.8 Å². The van der Waals surface area contributed by atoms with E-state index in [-0.39, 0.29) is 121 Å². The van der Waals surface area contributed by atoms with Gasteiger partial charge in [0.25, 0.3) is 0 Å². The van der Waals surface area contributed by atoms with Crippen molar-refractivity contribution in [1.29, 1.82) is 0 Å². The van der Waals surface area contributed by atoms with Crippen molar-refractivity contribution in [2.24, 2.45) is 0 Å². The molecule has 3 amide bonds. The number of hydrogen-bond acceptors (Lipinski definition) is 18. The summed E-state index contributed by atoms with van der Waals surface area (Å²) in [6, 6.07) is 7.51. The lowest BCUT2D eigenvalue weighted by atomic mass is 9.95. The van der Waals surface area contributed by atoms with Crippen LogP contribution in [0.1, 0.15) is 68.4 Å². The molecule has 3 atom stereocenters. The number of ether oxygens (including phenoxy) is 3. The first-order valence-electron chi connectivity index (χ1n) is 26.3. The number of aliphatic hydroxyl groups is 1. The van der Waals surface area contributed by atoms with Crippen LogP contribution >= 0.6 is 11.6 Å². The molecule has 0 bridgehead atoms. The Bertz CT molecular complexity index is 2120. The molecular formula is C51H80ClN11O13. The van der Waals surface area contributed by atoms with Crippen LogP contribution in [-0.4, -0.2) is 272 Å². The fourth-order valence-corrected chi connectivity index (χ4v) is 9.70. The van der Waals surface area contributed by atoms with Gasteiger partial charge in [0.2, 0.25) is 17.7 Å². The van der Waals surface area contributed by atoms with Crippen LogP contribution in [0.15, 0.2) is 30.6 Å². The second kappa shape index (κ2) is 32.6. The van der Waals surface area contributed by atoms with Crippen LogP contribution < -0.4 is 15.5 Å². The molecule has 0 radical (unpaired) electrons. The number of rotatable bonds is 29. The Kier molecular flexibility index (Phi) is 26.4. The average molecular weight is 1090 g/mol. The second-order valence-corrected chi connectivity index (χ2v) is 20.2. The zero-order valence-corrected chi connectivity index (χ0v) is 45.1. The minimum absolute atomic E-state index is 0.00636. The number of anilines is 1. The van der Waals surface area contributed by atoms with Crippen LogP contribution in [-0.2, 0) is 43.0 Å². The lowest BCUT2D eigenvalue weighted by Crippen LogP contribution is -2.52. The number of aliphatic carboxylic acids is 3. The van der Waals surface area contributed by atoms with Gasteiger partial charge in [-0.25, -0.2) is 9.97 Å². The number of carbonyl (C=O) groups is 6. The van der Waals surface area contributed by atoms with Gasteiger partial charge in [0.15, 0.2) is 0 Å². The monoisotopic (exact) mass is 1090 g/mol. The normalized spacial score (nSPS) is 19.0. The highest BCUT2D eigenvalue weighted by molar-refractivity contribution is 6.30. The molecule has 1 aromatic carbocycles. The lowest BCUT2D eigenvalue weighted by Gasteiger charge is -2.39. The van der Waals surface area contributed by atoms with Crippen LogP contribution in [0.3, 0.4) is 0 Å². The van der Waals surface area contributed by atoms with Crippen LogP contribution in [0.2, 0.25) is 5.02 Å². The summed E-state index contributed by atoms with van der Waals surface area (Å²) in [5.41, 5.74) is 2.56. The van der Waals surface area contributed by atoms with Gasteiger partial charge in [0, 0.05) is 128 Å². The maximum absolute atomic E-state index is 14.4. The van der Waals surface area contributed by atoms with E-state index in [0.717, 1.165) is 16.9 Å². The molecule has 424 valence electrons. The highest BCUT2D eigenvalue weighted by Crippen LogP contribution is 2.43. The number of halogens is 1. The number of carboxylic acid groups (broad SMARTS) is 3. The number of aliphatic hydroxyl groups excluding tert-OH is 1. The summed E-state index contributed by atoms with van der Waals surface area (Å²) in [4.78, 5) is 96.8. The van der Waals surface area contributed by atoms with Crippen molar-refractivity contribution in [3.05, 3.63) is 52.4 Å². The fourth-order valence-electron chi connectivity index (χ4n) is 9.57. The zero-order chi connectivity index (χ0) is 55.0. The maximum Gasteiger partial charge on any atom is 0.317 e. The van der Waals surface area contributed by atoms with E-state index in [0.29, 0.717) is 102 Å². The Morgan fingerprint density at radius 2 is 1.17 bits per heavy atom. The summed E-state index contributed by atoms with van der Waals surface area (Å²) in [6.45, 7) is 13.4. The summed E-state index contributed by atoms with van der Waals surface area (Å²) >= 11 is 6.26. The van der Waals surface area contributed by atoms with Gasteiger partial charge in [-0.3, -0.25) is 53.3 Å². The molecule has 0 saturated carbocycles. The molecule has 3 heterocycles. The van der Waals surface area contributed by atoms with Crippen molar-refractivity contribution in [2.75, 3.05) is 175 Å². The Hall–Kier alpha value is -5.15. The number of piperazine rings is 1. The van der Waals surface area contributed by atoms with Crippen LogP contribution in [0.4, 0.5) is 5.82 Å². The maximum atomic E-state index is 14.4. The Labute approximate surface area is 450 Å². The minimum atomic E-state index is -1.03. The third-order valence-corrected chi connectivity index (χ3v) is 14.0. The molecule has 2 fully saturated rings. The smallest absolute Gasteiger partial charge is 0.317 e. The van der Waals surface area contributed by atoms with Gasteiger partial charge >= 0.3 is 17.9 Å². The summed E-state index contributed by atoms with van der Waals surface area (Å²) in [7, 11) is 0. The molecule has 25 heteroatoms. The molecule has 2 saturated heterocycles. The third-order valence-electron chi connectivity index (χ3n) is 13.8. The molecule has 6 N–H and O–H groups in total. The topological polar surface area (TPSA) is 284 Å². The largest absolute Gasteiger partial charge is 0.480 e. The number of carboxylic acids is 3. The molecule has 0 spiro atoms. The van der Waals surface area contributed by atoms with Gasteiger partial charge in [-0.2, -0.15) is 0 Å². The molecule has 2 aromatic rings. The number of aromatic nitrogens is 2. The molecule has 2 aliphatic heterocycles. The number of hydrogen-bond donors (Lipinski definition) is 6. The Morgan fingerprint density at radius 1 is 0.671 bits per heavy atom. The minimum Gasteiger partial charge on any atom is -0.480 e. The Balaban J connectivity index is 0.939. The number of fused-ring (bicyclic) bond motifs is 1. The summed E-state index contributed by atoms with van der Waals surface area (Å²) < 4.78 is 16.8. The molecular weight excluding hydrogens is 1010 g/mol. The average Bonchev–Trinajstić information content (AvgIpc) is 3.68. The second-order valence-electron chi connectivity index (χ2n) is 19.7. The standard InChI is InChI=1S/C51H80ClN11O13/c1-37(2)63(31-41(39-4-6-40(52)7-5-39)51(73)62-22-20-61(21-23-62)50-48-38(3)30-42(64)49(48)55-36-56-50)11-9-53-43(65)8-24-74-26-28-76-29-27-75-25-10-54-44(66)32-57-12-14-58(33-45(67)68)16-18-60(35-47(71)72)19-17-59(15-13-57)34-46(69)70/h4-7,36-38,41-42,64H,8-35H2,1-3H3,(H,53,65)(H,54,66)(H,67,68)(H,69,70)(H,71,72)/t38-,41-,42-/m1/s1. The third kappa shape index (κ3) is 21.3.